The van der Waals surface area contributed by atoms with Gasteiger partial charge in [-0.1, -0.05) is 0 Å². The third kappa shape index (κ3) is 0.548. The van der Waals surface area contributed by atoms with Gasteiger partial charge in [-0.15, -0.1) is 0 Å². The van der Waals surface area contributed by atoms with Crippen LogP contribution in [0.2, 0.25) is 0 Å². The van der Waals surface area contributed by atoms with Gasteiger partial charge in [0.25, 0.3) is 0 Å². The Labute approximate surface area is 48.3 Å². The lowest BCUT2D eigenvalue weighted by Gasteiger charge is -1.82. The highest BCUT2D eigenvalue weighted by Gasteiger charge is 2.26. The Kier molecular flexibility index (Phi) is 0.720. The lowest BCUT2D eigenvalue weighted by atomic mass is 10.3. The van der Waals surface area contributed by atoms with E-state index in [4.69, 9.17) is 4.42 Å². The fourth-order valence-corrected chi connectivity index (χ4v) is 0.789. The van der Waals surface area contributed by atoms with E-state index < -0.39 is 0 Å². The second-order valence-corrected chi connectivity index (χ2v) is 2.08. The van der Waals surface area contributed by atoms with Crippen molar-refractivity contribution in [1.82, 2.24) is 0 Å². The van der Waals surface area contributed by atoms with Crippen molar-refractivity contribution < 1.29 is 4.42 Å². The van der Waals surface area contributed by atoms with Gasteiger partial charge in [-0.3, -0.25) is 0 Å². The molecule has 2 rings (SSSR count). The van der Waals surface area contributed by atoms with Crippen molar-refractivity contribution >= 4 is 0 Å². The number of hydrogen-bond acceptors (Lipinski definition) is 1. The maximum Gasteiger partial charge on any atom is 0.110 e. The van der Waals surface area contributed by atoms with Gasteiger partial charge >= 0.3 is 0 Å². The van der Waals surface area contributed by atoms with Crippen LogP contribution in [0, 0.1) is 5.92 Å². The van der Waals surface area contributed by atoms with Crippen molar-refractivity contribution in [3.8, 4) is 0 Å². The summed E-state index contributed by atoms with van der Waals surface area (Å²) in [6, 6.07) is 3.95. The van der Waals surface area contributed by atoms with Crippen LogP contribution in [0.4, 0.5) is 0 Å². The molecular formula is C7H7O. The normalized spacial score (nSPS) is 19.0. The van der Waals surface area contributed by atoms with Crippen molar-refractivity contribution in [3.05, 3.63) is 30.1 Å². The van der Waals surface area contributed by atoms with Crippen LogP contribution < -0.4 is 0 Å². The van der Waals surface area contributed by atoms with E-state index in [0.29, 0.717) is 0 Å². The molecule has 0 spiro atoms. The summed E-state index contributed by atoms with van der Waals surface area (Å²) in [6.07, 6.45) is 4.21. The molecule has 1 aliphatic carbocycles. The van der Waals surface area contributed by atoms with Gasteiger partial charge < -0.3 is 4.42 Å². The molecule has 0 aromatic carbocycles. The number of furan rings is 1. The molecule has 0 bridgehead atoms. The van der Waals surface area contributed by atoms with Crippen LogP contribution in [0.15, 0.2) is 22.8 Å². The summed E-state index contributed by atoms with van der Waals surface area (Å²) in [7, 11) is 0. The van der Waals surface area contributed by atoms with Crippen molar-refractivity contribution in [2.45, 2.75) is 12.8 Å². The summed E-state index contributed by atoms with van der Waals surface area (Å²) in [5.74, 6) is 2.56. The standard InChI is InChI=1S/C7H7O/c1-2-7(8-5-1)6-3-4-6/h1-2,5H,3-4H2. The molecule has 1 heterocycles. The largest absolute Gasteiger partial charge is 0.469 e. The molecule has 1 heteroatoms. The molecule has 1 aliphatic rings. The van der Waals surface area contributed by atoms with Crippen LogP contribution in [-0.4, -0.2) is 0 Å². The Bertz CT molecular complexity index is 161. The van der Waals surface area contributed by atoms with Gasteiger partial charge in [0.05, 0.1) is 6.26 Å². The Hall–Kier alpha value is -0.720. The molecule has 1 nitrogen and oxygen atoms in total. The van der Waals surface area contributed by atoms with Gasteiger partial charge in [0.1, 0.15) is 5.76 Å². The zero-order chi connectivity index (χ0) is 5.40. The van der Waals surface area contributed by atoms with Gasteiger partial charge in [0.2, 0.25) is 0 Å². The minimum absolute atomic E-state index is 1.09. The first kappa shape index (κ1) is 4.19. The van der Waals surface area contributed by atoms with Gasteiger partial charge in [-0.25, -0.2) is 0 Å². The number of hydrogen-bond donors (Lipinski definition) is 0. The lowest BCUT2D eigenvalue weighted by molar-refractivity contribution is 0.537. The van der Waals surface area contributed by atoms with Crippen LogP contribution >= 0.6 is 0 Å². The fourth-order valence-electron chi connectivity index (χ4n) is 0.789. The molecule has 0 saturated heterocycles. The summed E-state index contributed by atoms with van der Waals surface area (Å²) in [4.78, 5) is 0. The third-order valence-corrected chi connectivity index (χ3v) is 1.37. The van der Waals surface area contributed by atoms with E-state index in [0.717, 1.165) is 5.76 Å². The Morgan fingerprint density at radius 2 is 2.25 bits per heavy atom. The molecule has 0 N–H and O–H groups in total. The third-order valence-electron chi connectivity index (χ3n) is 1.37. The van der Waals surface area contributed by atoms with E-state index in [1.807, 2.05) is 12.1 Å². The monoisotopic (exact) mass is 107 g/mol. The highest BCUT2D eigenvalue weighted by atomic mass is 16.3. The molecule has 1 saturated carbocycles. The molecule has 0 amide bonds. The van der Waals surface area contributed by atoms with E-state index in [1.165, 1.54) is 18.8 Å². The first-order valence-electron chi connectivity index (χ1n) is 2.85. The van der Waals surface area contributed by atoms with Crippen LogP contribution in [0.3, 0.4) is 0 Å². The molecular weight excluding hydrogens is 100 g/mol. The maximum atomic E-state index is 5.12. The first-order chi connectivity index (χ1) is 3.97. The smallest absolute Gasteiger partial charge is 0.110 e. The van der Waals surface area contributed by atoms with E-state index >= 15 is 0 Å². The summed E-state index contributed by atoms with van der Waals surface area (Å²) < 4.78 is 5.12. The minimum atomic E-state index is 1.09. The number of rotatable bonds is 1. The second kappa shape index (κ2) is 1.38. The highest BCUT2D eigenvalue weighted by molar-refractivity contribution is 5.28. The molecule has 0 unspecified atom stereocenters. The molecule has 8 heavy (non-hydrogen) atoms. The van der Waals surface area contributed by atoms with Crippen molar-refractivity contribution in [1.29, 1.82) is 0 Å². The summed E-state index contributed by atoms with van der Waals surface area (Å²) >= 11 is 0. The van der Waals surface area contributed by atoms with Crippen LogP contribution in [0.5, 0.6) is 0 Å². The minimum Gasteiger partial charge on any atom is -0.469 e. The molecule has 1 aromatic heterocycles. The van der Waals surface area contributed by atoms with Gasteiger partial charge in [0.15, 0.2) is 0 Å². The Balaban J connectivity index is 2.28. The second-order valence-electron chi connectivity index (χ2n) is 2.08. The van der Waals surface area contributed by atoms with E-state index in [9.17, 15) is 0 Å². The fraction of sp³-hybridized carbons (Fsp3) is 0.286. The summed E-state index contributed by atoms with van der Waals surface area (Å²) in [5.41, 5.74) is 0. The lowest BCUT2D eigenvalue weighted by Crippen LogP contribution is -1.67. The predicted molar refractivity (Wildman–Crippen MR) is 30.3 cm³/mol. The predicted octanol–water partition coefficient (Wildman–Crippen LogP) is 2.00. The van der Waals surface area contributed by atoms with Crippen LogP contribution in [-0.2, 0) is 0 Å². The summed E-state index contributed by atoms with van der Waals surface area (Å²) in [5, 5.41) is 0. The molecule has 0 aliphatic heterocycles. The summed E-state index contributed by atoms with van der Waals surface area (Å²) in [6.45, 7) is 0. The van der Waals surface area contributed by atoms with E-state index in [1.54, 1.807) is 6.26 Å². The zero-order valence-corrected chi connectivity index (χ0v) is 4.55. The van der Waals surface area contributed by atoms with Crippen LogP contribution in [0.25, 0.3) is 0 Å². The Morgan fingerprint density at radius 3 is 2.75 bits per heavy atom. The average molecular weight is 107 g/mol. The Morgan fingerprint density at radius 1 is 1.38 bits per heavy atom. The van der Waals surface area contributed by atoms with Crippen LogP contribution in [0.1, 0.15) is 18.6 Å². The van der Waals surface area contributed by atoms with Crippen molar-refractivity contribution in [3.63, 3.8) is 0 Å². The SMILES string of the molecule is c1coc([C]2CC2)c1. The topological polar surface area (TPSA) is 13.1 Å². The maximum absolute atomic E-state index is 5.12. The van der Waals surface area contributed by atoms with Gasteiger partial charge in [-0.05, 0) is 25.0 Å². The first-order valence-corrected chi connectivity index (χ1v) is 2.85. The van der Waals surface area contributed by atoms with E-state index in [-0.39, 0.29) is 0 Å². The molecule has 1 fully saturated rings. The highest BCUT2D eigenvalue weighted by Crippen LogP contribution is 2.38. The molecule has 0 atom stereocenters. The van der Waals surface area contributed by atoms with Crippen molar-refractivity contribution in [2.75, 3.05) is 0 Å². The quantitative estimate of drug-likeness (QED) is 0.535. The molecule has 1 aromatic rings. The zero-order valence-electron chi connectivity index (χ0n) is 4.55. The average Bonchev–Trinajstić information content (AvgIpc) is 2.49. The van der Waals surface area contributed by atoms with Crippen molar-refractivity contribution in [2.24, 2.45) is 0 Å². The van der Waals surface area contributed by atoms with Gasteiger partial charge in [-0.2, -0.15) is 0 Å². The molecule has 1 radical (unpaired) electrons. The van der Waals surface area contributed by atoms with E-state index in [2.05, 4.69) is 0 Å². The molecule has 41 valence electrons. The van der Waals surface area contributed by atoms with Gasteiger partial charge in [0, 0.05) is 5.92 Å².